The van der Waals surface area contributed by atoms with Crippen LogP contribution >= 0.6 is 11.6 Å². The van der Waals surface area contributed by atoms with E-state index in [2.05, 4.69) is 19.9 Å². The van der Waals surface area contributed by atoms with Gasteiger partial charge in [0.15, 0.2) is 0 Å². The van der Waals surface area contributed by atoms with Crippen LogP contribution in [-0.4, -0.2) is 0 Å². The van der Waals surface area contributed by atoms with Gasteiger partial charge in [-0.2, -0.15) is 0 Å². The smallest absolute Gasteiger partial charge is 0.0435 e. The molecule has 0 fully saturated rings. The lowest BCUT2D eigenvalue weighted by Crippen LogP contribution is -2.01. The number of hydrogen-bond acceptors (Lipinski definition) is 1. The Hall–Kier alpha value is -1.21. The number of nitrogens with two attached hydrogens (primary N) is 1. The van der Waals surface area contributed by atoms with Crippen molar-refractivity contribution < 1.29 is 0 Å². The van der Waals surface area contributed by atoms with Crippen molar-refractivity contribution in [2.45, 2.75) is 27.2 Å². The van der Waals surface area contributed by atoms with Crippen molar-refractivity contribution >= 4 is 11.6 Å². The van der Waals surface area contributed by atoms with Crippen molar-refractivity contribution in [3.05, 3.63) is 57.8 Å². The highest BCUT2D eigenvalue weighted by atomic mass is 35.5. The molecule has 2 N–H and O–H groups in total. The van der Waals surface area contributed by atoms with Crippen LogP contribution in [-0.2, 0) is 6.42 Å². The van der Waals surface area contributed by atoms with Gasteiger partial charge in [0.25, 0.3) is 0 Å². The summed E-state index contributed by atoms with van der Waals surface area (Å²) in [6.07, 6.45) is 4.75. The summed E-state index contributed by atoms with van der Waals surface area (Å²) in [5, 5.41) is 0.801. The highest BCUT2D eigenvalue weighted by Crippen LogP contribution is 2.17. The molecule has 1 aromatic carbocycles. The molecule has 0 saturated heterocycles. The molecule has 0 radical (unpaired) electrons. The van der Waals surface area contributed by atoms with Crippen molar-refractivity contribution in [3.8, 4) is 0 Å². The number of hydrogen-bond donors (Lipinski definition) is 1. The highest BCUT2D eigenvalue weighted by molar-refractivity contribution is 6.31. The molecule has 2 heteroatoms. The molecule has 0 aromatic heterocycles. The fourth-order valence-corrected chi connectivity index (χ4v) is 1.50. The van der Waals surface area contributed by atoms with Gasteiger partial charge in [0, 0.05) is 17.1 Å². The number of halogens is 1. The predicted octanol–water partition coefficient (Wildman–Crippen LogP) is 4.00. The van der Waals surface area contributed by atoms with Crippen LogP contribution in [0.25, 0.3) is 0 Å². The van der Waals surface area contributed by atoms with Crippen LogP contribution in [0.2, 0.25) is 5.02 Å². The molecule has 0 aliphatic rings. The number of rotatable bonds is 3. The second kappa shape index (κ2) is 5.76. The lowest BCUT2D eigenvalue weighted by atomic mass is 10.1. The van der Waals surface area contributed by atoms with Crippen molar-refractivity contribution in [3.63, 3.8) is 0 Å². The highest BCUT2D eigenvalue weighted by Gasteiger charge is 1.98. The van der Waals surface area contributed by atoms with E-state index in [1.807, 2.05) is 31.2 Å². The zero-order valence-electron chi connectivity index (χ0n) is 10.0. The number of allylic oxidation sites excluding steroid dienone is 4. The van der Waals surface area contributed by atoms with Crippen LogP contribution in [0.5, 0.6) is 0 Å². The monoisotopic (exact) mass is 235 g/mol. The molecule has 0 atom stereocenters. The minimum atomic E-state index is 0.766. The molecular weight excluding hydrogens is 218 g/mol. The third kappa shape index (κ3) is 4.11. The van der Waals surface area contributed by atoms with E-state index in [1.165, 1.54) is 11.1 Å². The molecule has 1 nitrogen and oxygen atoms in total. The molecule has 0 aliphatic heterocycles. The second-order valence-electron chi connectivity index (χ2n) is 4.25. The summed E-state index contributed by atoms with van der Waals surface area (Å²) in [5.41, 5.74) is 10.3. The van der Waals surface area contributed by atoms with Gasteiger partial charge < -0.3 is 5.73 Å². The first-order valence-corrected chi connectivity index (χ1v) is 5.71. The molecule has 0 amide bonds. The molecule has 0 aliphatic carbocycles. The summed E-state index contributed by atoms with van der Waals surface area (Å²) < 4.78 is 0. The van der Waals surface area contributed by atoms with E-state index in [0.717, 1.165) is 22.7 Å². The topological polar surface area (TPSA) is 26.0 Å². The summed E-state index contributed by atoms with van der Waals surface area (Å²) in [7, 11) is 0. The minimum Gasteiger partial charge on any atom is -0.402 e. The Balaban J connectivity index is 2.77. The fraction of sp³-hybridized carbons (Fsp3) is 0.286. The zero-order valence-corrected chi connectivity index (χ0v) is 10.8. The molecule has 16 heavy (non-hydrogen) atoms. The van der Waals surface area contributed by atoms with E-state index in [1.54, 1.807) is 0 Å². The van der Waals surface area contributed by atoms with E-state index < -0.39 is 0 Å². The largest absolute Gasteiger partial charge is 0.402 e. The molecule has 0 saturated carbocycles. The van der Waals surface area contributed by atoms with Gasteiger partial charge in [0.05, 0.1) is 0 Å². The van der Waals surface area contributed by atoms with Crippen LogP contribution in [0.3, 0.4) is 0 Å². The average Bonchev–Trinajstić information content (AvgIpc) is 2.21. The minimum absolute atomic E-state index is 0.766. The molecule has 0 heterocycles. The van der Waals surface area contributed by atoms with E-state index >= 15 is 0 Å². The van der Waals surface area contributed by atoms with Gasteiger partial charge in [-0.3, -0.25) is 0 Å². The molecule has 86 valence electrons. The third-order valence-corrected chi connectivity index (χ3v) is 2.69. The van der Waals surface area contributed by atoms with Gasteiger partial charge in [-0.1, -0.05) is 35.4 Å². The summed E-state index contributed by atoms with van der Waals surface area (Å²) in [5.74, 6) is 0. The van der Waals surface area contributed by atoms with Gasteiger partial charge in [-0.05, 0) is 44.0 Å². The lowest BCUT2D eigenvalue weighted by Gasteiger charge is -2.04. The first kappa shape index (κ1) is 12.9. The maximum Gasteiger partial charge on any atom is 0.0435 e. The summed E-state index contributed by atoms with van der Waals surface area (Å²) in [4.78, 5) is 0. The third-order valence-electron chi connectivity index (χ3n) is 2.26. The first-order valence-electron chi connectivity index (χ1n) is 5.33. The van der Waals surface area contributed by atoms with Gasteiger partial charge >= 0.3 is 0 Å². The maximum atomic E-state index is 5.96. The Kier molecular flexibility index (Phi) is 4.63. The Morgan fingerprint density at radius 3 is 2.56 bits per heavy atom. The van der Waals surface area contributed by atoms with Gasteiger partial charge in [-0.15, -0.1) is 0 Å². The molecular formula is C14H18ClN. The molecule has 0 spiro atoms. The van der Waals surface area contributed by atoms with E-state index in [-0.39, 0.29) is 0 Å². The van der Waals surface area contributed by atoms with E-state index in [9.17, 15) is 0 Å². The molecule has 1 aromatic rings. The Morgan fingerprint density at radius 2 is 2.00 bits per heavy atom. The summed E-state index contributed by atoms with van der Waals surface area (Å²) in [6, 6.07) is 6.00. The number of aryl methyl sites for hydroxylation is 1. The lowest BCUT2D eigenvalue weighted by molar-refractivity contribution is 1.10. The molecule has 0 bridgehead atoms. The normalized spacial score (nSPS) is 11.4. The van der Waals surface area contributed by atoms with Gasteiger partial charge in [0.1, 0.15) is 0 Å². The quantitative estimate of drug-likeness (QED) is 0.788. The van der Waals surface area contributed by atoms with Crippen LogP contribution in [0.4, 0.5) is 0 Å². The first-order chi connectivity index (χ1) is 7.49. The Labute approximate surface area is 103 Å². The van der Waals surface area contributed by atoms with Gasteiger partial charge in [-0.25, -0.2) is 0 Å². The average molecular weight is 236 g/mol. The Bertz CT molecular complexity index is 426. The van der Waals surface area contributed by atoms with Crippen LogP contribution < -0.4 is 5.73 Å². The van der Waals surface area contributed by atoms with Crippen LogP contribution in [0, 0.1) is 6.92 Å². The summed E-state index contributed by atoms with van der Waals surface area (Å²) >= 11 is 5.96. The zero-order chi connectivity index (χ0) is 12.1. The van der Waals surface area contributed by atoms with E-state index in [0.29, 0.717) is 0 Å². The fourth-order valence-electron chi connectivity index (χ4n) is 1.39. The van der Waals surface area contributed by atoms with Gasteiger partial charge in [0.2, 0.25) is 0 Å². The SMILES string of the molecule is CC(C)=C/C=C(\N)Cc1ccc(Cl)c(C)c1. The summed E-state index contributed by atoms with van der Waals surface area (Å²) in [6.45, 7) is 6.11. The number of benzene rings is 1. The van der Waals surface area contributed by atoms with Crippen molar-refractivity contribution in [2.24, 2.45) is 5.73 Å². The Morgan fingerprint density at radius 1 is 1.31 bits per heavy atom. The molecule has 0 unspecified atom stereocenters. The standard InChI is InChI=1S/C14H18ClN/c1-10(2)4-6-13(16)9-12-5-7-14(15)11(3)8-12/h4-8H,9,16H2,1-3H3/b13-6-. The molecule has 1 rings (SSSR count). The van der Waals surface area contributed by atoms with E-state index in [4.69, 9.17) is 17.3 Å². The van der Waals surface area contributed by atoms with Crippen molar-refractivity contribution in [1.82, 2.24) is 0 Å². The predicted molar refractivity (Wildman–Crippen MR) is 71.6 cm³/mol. The second-order valence-corrected chi connectivity index (χ2v) is 4.65. The maximum absolute atomic E-state index is 5.96. The van der Waals surface area contributed by atoms with Crippen molar-refractivity contribution in [1.29, 1.82) is 0 Å². The van der Waals surface area contributed by atoms with Crippen LogP contribution in [0.1, 0.15) is 25.0 Å². The van der Waals surface area contributed by atoms with Crippen molar-refractivity contribution in [2.75, 3.05) is 0 Å². The van der Waals surface area contributed by atoms with Crippen LogP contribution in [0.15, 0.2) is 41.6 Å².